The van der Waals surface area contributed by atoms with Gasteiger partial charge in [0.15, 0.2) is 0 Å². The van der Waals surface area contributed by atoms with Gasteiger partial charge in [0, 0.05) is 39.1 Å². The van der Waals surface area contributed by atoms with Gasteiger partial charge in [-0.3, -0.25) is 9.59 Å². The summed E-state index contributed by atoms with van der Waals surface area (Å²) in [6, 6.07) is 0. The zero-order valence-electron chi connectivity index (χ0n) is 12.1. The van der Waals surface area contributed by atoms with Crippen LogP contribution in [0.1, 0.15) is 44.9 Å². The van der Waals surface area contributed by atoms with Crippen molar-refractivity contribution in [1.29, 1.82) is 0 Å². The van der Waals surface area contributed by atoms with E-state index in [9.17, 15) is 9.59 Å². The summed E-state index contributed by atoms with van der Waals surface area (Å²) in [7, 11) is 0. The first-order valence-corrected chi connectivity index (χ1v) is 7.72. The number of rotatable bonds is 5. The lowest BCUT2D eigenvalue weighted by molar-refractivity contribution is -0.138. The molecule has 5 nitrogen and oxygen atoms in total. The Hall–Kier alpha value is -1.10. The Bertz CT molecular complexity index is 331. The van der Waals surface area contributed by atoms with Crippen LogP contribution < -0.4 is 0 Å². The van der Waals surface area contributed by atoms with E-state index in [2.05, 4.69) is 0 Å². The summed E-state index contributed by atoms with van der Waals surface area (Å²) in [5.74, 6) is 0.392. The van der Waals surface area contributed by atoms with Crippen LogP contribution in [0, 0.1) is 11.8 Å². The number of carbonyl (C=O) groups excluding carboxylic acids is 1. The van der Waals surface area contributed by atoms with Gasteiger partial charge in [-0.05, 0) is 43.9 Å². The molecule has 2 saturated heterocycles. The van der Waals surface area contributed by atoms with Gasteiger partial charge in [0.2, 0.25) is 5.91 Å². The highest BCUT2D eigenvalue weighted by Gasteiger charge is 2.24. The molecule has 20 heavy (non-hydrogen) atoms. The maximum Gasteiger partial charge on any atom is 0.303 e. The van der Waals surface area contributed by atoms with Crippen LogP contribution in [0.25, 0.3) is 0 Å². The third-order valence-electron chi connectivity index (χ3n) is 4.54. The number of ether oxygens (including phenoxy) is 1. The van der Waals surface area contributed by atoms with Gasteiger partial charge in [-0.1, -0.05) is 0 Å². The first kappa shape index (κ1) is 15.3. The van der Waals surface area contributed by atoms with Crippen molar-refractivity contribution < 1.29 is 19.4 Å². The molecule has 0 aliphatic carbocycles. The topological polar surface area (TPSA) is 66.8 Å². The Morgan fingerprint density at radius 1 is 1.05 bits per heavy atom. The first-order valence-electron chi connectivity index (χ1n) is 7.72. The Morgan fingerprint density at radius 3 is 2.30 bits per heavy atom. The van der Waals surface area contributed by atoms with Crippen LogP contribution in [-0.2, 0) is 14.3 Å². The predicted molar refractivity (Wildman–Crippen MR) is 74.3 cm³/mol. The van der Waals surface area contributed by atoms with E-state index in [1.165, 1.54) is 0 Å². The molecule has 2 rings (SSSR count). The molecule has 114 valence electrons. The fourth-order valence-electron chi connectivity index (χ4n) is 3.15. The number of carboxylic acid groups (broad SMARTS) is 1. The third kappa shape index (κ3) is 4.78. The van der Waals surface area contributed by atoms with E-state index < -0.39 is 5.97 Å². The number of carbonyl (C=O) groups is 2. The molecule has 1 N–H and O–H groups in total. The molecule has 0 spiro atoms. The Kier molecular flexibility index (Phi) is 5.83. The zero-order valence-corrected chi connectivity index (χ0v) is 12.1. The second-order valence-corrected chi connectivity index (χ2v) is 6.02. The highest BCUT2D eigenvalue weighted by molar-refractivity contribution is 5.76. The standard InChI is InChI=1S/C15H25NO4/c17-14(2-1-12-5-9-20-10-6-12)16-7-3-13(4-8-16)11-15(18)19/h12-13H,1-11H2,(H,18,19). The van der Waals surface area contributed by atoms with Crippen LogP contribution in [0.3, 0.4) is 0 Å². The fraction of sp³-hybridized carbons (Fsp3) is 0.867. The molecule has 0 aromatic carbocycles. The van der Waals surface area contributed by atoms with Crippen molar-refractivity contribution in [3.63, 3.8) is 0 Å². The van der Waals surface area contributed by atoms with Crippen molar-refractivity contribution in [2.24, 2.45) is 11.8 Å². The number of amides is 1. The van der Waals surface area contributed by atoms with Crippen molar-refractivity contribution in [1.82, 2.24) is 4.90 Å². The number of nitrogens with zero attached hydrogens (tertiary/aromatic N) is 1. The molecular formula is C15H25NO4. The van der Waals surface area contributed by atoms with Gasteiger partial charge < -0.3 is 14.7 Å². The summed E-state index contributed by atoms with van der Waals surface area (Å²) in [4.78, 5) is 24.7. The van der Waals surface area contributed by atoms with Gasteiger partial charge >= 0.3 is 5.97 Å². The molecule has 2 fully saturated rings. The average Bonchev–Trinajstić information content (AvgIpc) is 2.46. The van der Waals surface area contributed by atoms with E-state index in [-0.39, 0.29) is 18.2 Å². The molecule has 2 aliphatic heterocycles. The number of likely N-dealkylation sites (tertiary alicyclic amines) is 1. The molecule has 2 aliphatic rings. The first-order chi connectivity index (χ1) is 9.65. The third-order valence-corrected chi connectivity index (χ3v) is 4.54. The molecule has 0 saturated carbocycles. The lowest BCUT2D eigenvalue weighted by atomic mass is 9.92. The molecular weight excluding hydrogens is 258 g/mol. The van der Waals surface area contributed by atoms with Crippen LogP contribution in [0.4, 0.5) is 0 Å². The van der Waals surface area contributed by atoms with Crippen molar-refractivity contribution in [2.45, 2.75) is 44.9 Å². The van der Waals surface area contributed by atoms with Crippen LogP contribution >= 0.6 is 0 Å². The van der Waals surface area contributed by atoms with Gasteiger partial charge in [-0.2, -0.15) is 0 Å². The fourth-order valence-corrected chi connectivity index (χ4v) is 3.15. The second kappa shape index (κ2) is 7.62. The molecule has 0 aromatic heterocycles. The molecule has 0 atom stereocenters. The summed E-state index contributed by atoms with van der Waals surface area (Å²) >= 11 is 0. The summed E-state index contributed by atoms with van der Waals surface area (Å²) < 4.78 is 5.32. The number of piperidine rings is 1. The minimum atomic E-state index is -0.728. The van der Waals surface area contributed by atoms with Gasteiger partial charge in [0.25, 0.3) is 0 Å². The quantitative estimate of drug-likeness (QED) is 0.837. The Labute approximate surface area is 120 Å². The minimum Gasteiger partial charge on any atom is -0.481 e. The summed E-state index contributed by atoms with van der Waals surface area (Å²) in [6.07, 6.45) is 5.65. The number of carboxylic acids is 1. The van der Waals surface area contributed by atoms with Crippen LogP contribution in [0.2, 0.25) is 0 Å². The summed E-state index contributed by atoms with van der Waals surface area (Å²) in [5, 5.41) is 8.78. The molecule has 0 radical (unpaired) electrons. The van der Waals surface area contributed by atoms with E-state index in [4.69, 9.17) is 9.84 Å². The molecule has 5 heteroatoms. The minimum absolute atomic E-state index is 0.240. The summed E-state index contributed by atoms with van der Waals surface area (Å²) in [6.45, 7) is 3.12. The lowest BCUT2D eigenvalue weighted by Gasteiger charge is -2.32. The smallest absolute Gasteiger partial charge is 0.303 e. The van der Waals surface area contributed by atoms with Crippen molar-refractivity contribution >= 4 is 11.9 Å². The maximum atomic E-state index is 12.1. The highest BCUT2D eigenvalue weighted by atomic mass is 16.5. The summed E-state index contributed by atoms with van der Waals surface area (Å²) in [5.41, 5.74) is 0. The van der Waals surface area contributed by atoms with Crippen LogP contribution in [-0.4, -0.2) is 48.2 Å². The predicted octanol–water partition coefficient (Wildman–Crippen LogP) is 1.91. The van der Waals surface area contributed by atoms with E-state index in [0.29, 0.717) is 12.3 Å². The maximum absolute atomic E-state index is 12.1. The SMILES string of the molecule is O=C(O)CC1CCN(C(=O)CCC2CCOCC2)CC1. The van der Waals surface area contributed by atoms with Crippen LogP contribution in [0.15, 0.2) is 0 Å². The molecule has 0 unspecified atom stereocenters. The number of hydrogen-bond donors (Lipinski definition) is 1. The molecule has 1 amide bonds. The normalized spacial score (nSPS) is 21.9. The van der Waals surface area contributed by atoms with E-state index in [1.807, 2.05) is 4.90 Å². The zero-order chi connectivity index (χ0) is 14.4. The molecule has 0 bridgehead atoms. The molecule has 2 heterocycles. The molecule has 0 aromatic rings. The van der Waals surface area contributed by atoms with E-state index >= 15 is 0 Å². The van der Waals surface area contributed by atoms with Gasteiger partial charge in [-0.15, -0.1) is 0 Å². The number of hydrogen-bond acceptors (Lipinski definition) is 3. The van der Waals surface area contributed by atoms with Crippen molar-refractivity contribution in [3.8, 4) is 0 Å². The van der Waals surface area contributed by atoms with E-state index in [1.54, 1.807) is 0 Å². The second-order valence-electron chi connectivity index (χ2n) is 6.02. The van der Waals surface area contributed by atoms with E-state index in [0.717, 1.165) is 58.4 Å². The van der Waals surface area contributed by atoms with Gasteiger partial charge in [0.05, 0.1) is 0 Å². The van der Waals surface area contributed by atoms with Gasteiger partial charge in [-0.25, -0.2) is 0 Å². The van der Waals surface area contributed by atoms with Crippen molar-refractivity contribution in [3.05, 3.63) is 0 Å². The number of aliphatic carboxylic acids is 1. The largest absolute Gasteiger partial charge is 0.481 e. The highest BCUT2D eigenvalue weighted by Crippen LogP contribution is 2.23. The lowest BCUT2D eigenvalue weighted by Crippen LogP contribution is -2.39. The van der Waals surface area contributed by atoms with Crippen LogP contribution in [0.5, 0.6) is 0 Å². The van der Waals surface area contributed by atoms with Gasteiger partial charge in [0.1, 0.15) is 0 Å². The monoisotopic (exact) mass is 283 g/mol. The Morgan fingerprint density at radius 2 is 1.70 bits per heavy atom. The van der Waals surface area contributed by atoms with Crippen molar-refractivity contribution in [2.75, 3.05) is 26.3 Å². The average molecular weight is 283 g/mol. The Balaban J connectivity index is 1.65.